The maximum atomic E-state index is 11.4. The number of aromatic nitrogens is 1. The highest BCUT2D eigenvalue weighted by molar-refractivity contribution is 5.74. The van der Waals surface area contributed by atoms with Crippen molar-refractivity contribution in [1.82, 2.24) is 5.16 Å². The molecule has 5 aromatic rings. The van der Waals surface area contributed by atoms with Crippen LogP contribution in [0.2, 0.25) is 0 Å². The highest BCUT2D eigenvalue weighted by Gasteiger charge is 2.31. The molecule has 2 unspecified atom stereocenters. The molecule has 2 atom stereocenters. The lowest BCUT2D eigenvalue weighted by Gasteiger charge is -2.23. The molecule has 0 fully saturated rings. The molecule has 0 saturated carbocycles. The first-order valence-electron chi connectivity index (χ1n) is 12.3. The number of carbonyl (C=O) groups is 1. The van der Waals surface area contributed by atoms with Crippen LogP contribution < -0.4 is 9.47 Å². The van der Waals surface area contributed by atoms with Crippen molar-refractivity contribution in [1.29, 1.82) is 0 Å². The summed E-state index contributed by atoms with van der Waals surface area (Å²) in [7, 11) is 0. The number of rotatable bonds is 10. The average Bonchev–Trinajstić information content (AvgIpc) is 3.37. The number of aldehydes is 1. The first-order valence-corrected chi connectivity index (χ1v) is 12.3. The van der Waals surface area contributed by atoms with Gasteiger partial charge in [-0.2, -0.15) is 0 Å². The van der Waals surface area contributed by atoms with Crippen molar-refractivity contribution in [3.63, 3.8) is 0 Å². The van der Waals surface area contributed by atoms with E-state index in [0.717, 1.165) is 34.3 Å². The molecule has 0 bridgehead atoms. The largest absolute Gasteiger partial charge is 0.489 e. The summed E-state index contributed by atoms with van der Waals surface area (Å²) in [5, 5.41) is 15.7. The van der Waals surface area contributed by atoms with E-state index >= 15 is 0 Å². The van der Waals surface area contributed by atoms with Gasteiger partial charge in [0.1, 0.15) is 30.1 Å². The van der Waals surface area contributed by atoms with Crippen LogP contribution in [0.4, 0.5) is 0 Å². The van der Waals surface area contributed by atoms with Crippen molar-refractivity contribution in [3.05, 3.63) is 137 Å². The minimum atomic E-state index is -1.13. The highest BCUT2D eigenvalue weighted by atomic mass is 16.5. The monoisotopic (exact) mass is 505 g/mol. The molecule has 0 spiro atoms. The molecule has 1 N–H and O–H groups in total. The second kappa shape index (κ2) is 11.6. The fourth-order valence-electron chi connectivity index (χ4n) is 4.21. The van der Waals surface area contributed by atoms with Crippen LogP contribution in [0.25, 0.3) is 11.3 Å². The minimum Gasteiger partial charge on any atom is -0.489 e. The fourth-order valence-corrected chi connectivity index (χ4v) is 4.21. The predicted molar refractivity (Wildman–Crippen MR) is 144 cm³/mol. The topological polar surface area (TPSA) is 81.8 Å². The number of aliphatic hydroxyl groups excluding tert-OH is 1. The minimum absolute atomic E-state index is 0.322. The first-order chi connectivity index (χ1) is 18.6. The normalized spacial score (nSPS) is 12.5. The van der Waals surface area contributed by atoms with Crippen molar-refractivity contribution in [2.75, 3.05) is 0 Å². The molecule has 0 aliphatic carbocycles. The highest BCUT2D eigenvalue weighted by Crippen LogP contribution is 2.37. The third-order valence-corrected chi connectivity index (χ3v) is 6.30. The van der Waals surface area contributed by atoms with Crippen LogP contribution in [-0.2, 0) is 6.61 Å². The maximum Gasteiger partial charge on any atom is 0.172 e. The molecule has 1 heterocycles. The lowest BCUT2D eigenvalue weighted by molar-refractivity contribution is 0.0160. The van der Waals surface area contributed by atoms with Gasteiger partial charge in [0.15, 0.2) is 18.0 Å². The lowest BCUT2D eigenvalue weighted by atomic mass is 9.98. The van der Waals surface area contributed by atoms with Crippen LogP contribution in [0, 0.1) is 6.92 Å². The third kappa shape index (κ3) is 5.66. The van der Waals surface area contributed by atoms with Crippen molar-refractivity contribution in [3.8, 4) is 22.8 Å². The van der Waals surface area contributed by atoms with Gasteiger partial charge in [0.2, 0.25) is 0 Å². The Bertz CT molecular complexity index is 1460. The maximum absolute atomic E-state index is 11.4. The molecule has 4 aromatic carbocycles. The molecule has 6 heteroatoms. The zero-order valence-electron chi connectivity index (χ0n) is 20.9. The van der Waals surface area contributed by atoms with E-state index in [2.05, 4.69) is 5.16 Å². The zero-order valence-corrected chi connectivity index (χ0v) is 20.9. The number of aliphatic hydroxyl groups is 1. The molecule has 0 saturated heterocycles. The molecule has 5 rings (SSSR count). The SMILES string of the molecule is Cc1c(-c2ccc(OCc3ccccc3)cc2)noc1C(O)C(Oc1ccc(C=O)cc1)c1ccccc1. The Morgan fingerprint density at radius 2 is 1.47 bits per heavy atom. The van der Waals surface area contributed by atoms with Crippen molar-refractivity contribution in [2.45, 2.75) is 25.7 Å². The number of ether oxygens (including phenoxy) is 2. The molecule has 0 aliphatic heterocycles. The van der Waals surface area contributed by atoms with Crippen LogP contribution in [0.3, 0.4) is 0 Å². The van der Waals surface area contributed by atoms with Gasteiger partial charge >= 0.3 is 0 Å². The summed E-state index contributed by atoms with van der Waals surface area (Å²) >= 11 is 0. The van der Waals surface area contributed by atoms with Gasteiger partial charge in [-0.3, -0.25) is 4.79 Å². The number of hydrogen-bond donors (Lipinski definition) is 1. The molecular weight excluding hydrogens is 478 g/mol. The average molecular weight is 506 g/mol. The Kier molecular flexibility index (Phi) is 7.62. The van der Waals surface area contributed by atoms with Crippen molar-refractivity contribution >= 4 is 6.29 Å². The van der Waals surface area contributed by atoms with E-state index in [-0.39, 0.29) is 0 Å². The van der Waals surface area contributed by atoms with Gasteiger partial charge in [0.25, 0.3) is 0 Å². The molecule has 1 aromatic heterocycles. The summed E-state index contributed by atoms with van der Waals surface area (Å²) < 4.78 is 17.7. The van der Waals surface area contributed by atoms with Crippen LogP contribution in [0.1, 0.15) is 45.0 Å². The molecule has 0 aliphatic rings. The van der Waals surface area contributed by atoms with Crippen molar-refractivity contribution < 1.29 is 23.9 Å². The van der Waals surface area contributed by atoms with Gasteiger partial charge in [-0.15, -0.1) is 0 Å². The van der Waals surface area contributed by atoms with E-state index in [1.807, 2.05) is 91.9 Å². The summed E-state index contributed by atoms with van der Waals surface area (Å²) in [6.45, 7) is 2.35. The fraction of sp³-hybridized carbons (Fsp3) is 0.125. The number of nitrogens with zero attached hydrogens (tertiary/aromatic N) is 1. The van der Waals surface area contributed by atoms with Gasteiger partial charge in [0.05, 0.1) is 0 Å². The zero-order chi connectivity index (χ0) is 26.3. The Morgan fingerprint density at radius 1 is 0.842 bits per heavy atom. The molecule has 6 nitrogen and oxygen atoms in total. The van der Waals surface area contributed by atoms with E-state index in [0.29, 0.717) is 29.4 Å². The van der Waals surface area contributed by atoms with Gasteiger partial charge in [0, 0.05) is 16.7 Å². The lowest BCUT2D eigenvalue weighted by Crippen LogP contribution is -2.17. The van der Waals surface area contributed by atoms with Gasteiger partial charge in [-0.25, -0.2) is 0 Å². The third-order valence-electron chi connectivity index (χ3n) is 6.30. The molecule has 0 amide bonds. The standard InChI is InChI=1S/C32H27NO5/c1-22-29(25-14-18-27(19-15-25)36-21-24-8-4-2-5-9-24)33-38-31(22)30(35)32(26-10-6-3-7-11-26)37-28-16-12-23(20-34)13-17-28/h2-20,30,32,35H,21H2,1H3. The summed E-state index contributed by atoms with van der Waals surface area (Å²) in [5.41, 5.74) is 4.61. The number of benzene rings is 4. The van der Waals surface area contributed by atoms with Gasteiger partial charge in [-0.05, 0) is 66.6 Å². The molecule has 190 valence electrons. The quantitative estimate of drug-likeness (QED) is 0.208. The molecule has 38 heavy (non-hydrogen) atoms. The van der Waals surface area contributed by atoms with E-state index < -0.39 is 12.2 Å². The summed E-state index contributed by atoms with van der Waals surface area (Å²) in [6, 6.07) is 33.8. The smallest absolute Gasteiger partial charge is 0.172 e. The summed E-state index contributed by atoms with van der Waals surface area (Å²) in [6.07, 6.45) is -1.11. The van der Waals surface area contributed by atoms with Crippen LogP contribution in [-0.4, -0.2) is 16.5 Å². The van der Waals surface area contributed by atoms with Gasteiger partial charge in [-0.1, -0.05) is 65.8 Å². The number of hydrogen-bond acceptors (Lipinski definition) is 6. The Labute approximate surface area is 221 Å². The summed E-state index contributed by atoms with van der Waals surface area (Å²) in [4.78, 5) is 11.0. The number of carbonyl (C=O) groups excluding carboxylic acids is 1. The molecular formula is C32H27NO5. The van der Waals surface area contributed by atoms with E-state index in [1.165, 1.54) is 0 Å². The predicted octanol–water partition coefficient (Wildman–Crippen LogP) is 6.90. The van der Waals surface area contributed by atoms with Crippen LogP contribution in [0.15, 0.2) is 114 Å². The summed E-state index contributed by atoms with van der Waals surface area (Å²) in [5.74, 6) is 1.59. The molecule has 0 radical (unpaired) electrons. The van der Waals surface area contributed by atoms with Crippen molar-refractivity contribution in [2.24, 2.45) is 0 Å². The second-order valence-corrected chi connectivity index (χ2v) is 8.90. The first kappa shape index (κ1) is 25.0. The van der Waals surface area contributed by atoms with E-state index in [4.69, 9.17) is 14.0 Å². The van der Waals surface area contributed by atoms with Crippen LogP contribution >= 0.6 is 0 Å². The Hall–Kier alpha value is -4.68. The Balaban J connectivity index is 1.36. The Morgan fingerprint density at radius 3 is 2.13 bits per heavy atom. The second-order valence-electron chi connectivity index (χ2n) is 8.90. The van der Waals surface area contributed by atoms with E-state index in [9.17, 15) is 9.90 Å². The van der Waals surface area contributed by atoms with Crippen LogP contribution in [0.5, 0.6) is 11.5 Å². The van der Waals surface area contributed by atoms with Gasteiger partial charge < -0.3 is 19.1 Å². The van der Waals surface area contributed by atoms with E-state index in [1.54, 1.807) is 24.3 Å².